The van der Waals surface area contributed by atoms with Crippen molar-refractivity contribution < 1.29 is 0 Å². The number of rotatable bonds is 3. The molecular formula is C4H8N6S2. The van der Waals surface area contributed by atoms with Crippen LogP contribution in [-0.4, -0.2) is 22.7 Å². The summed E-state index contributed by atoms with van der Waals surface area (Å²) >= 11 is 8.93. The molecule has 0 atom stereocenters. The Morgan fingerprint density at radius 3 is 1.58 bits per heavy atom. The van der Waals surface area contributed by atoms with Crippen molar-refractivity contribution in [2.45, 2.75) is 0 Å². The minimum absolute atomic E-state index is 0.0851. The van der Waals surface area contributed by atoms with E-state index in [1.54, 1.807) is 0 Å². The molecule has 0 saturated heterocycles. The van der Waals surface area contributed by atoms with Crippen molar-refractivity contribution in [1.29, 1.82) is 0 Å². The highest BCUT2D eigenvalue weighted by Crippen LogP contribution is 1.59. The van der Waals surface area contributed by atoms with Gasteiger partial charge in [0.15, 0.2) is 10.2 Å². The summed E-state index contributed by atoms with van der Waals surface area (Å²) in [7, 11) is 0. The number of hydrazone groups is 2. The van der Waals surface area contributed by atoms with E-state index in [-0.39, 0.29) is 10.2 Å². The van der Waals surface area contributed by atoms with E-state index in [9.17, 15) is 0 Å². The largest absolute Gasteiger partial charge is 0.375 e. The fourth-order valence-electron chi connectivity index (χ4n) is 0.268. The number of nitrogens with one attached hydrogen (secondary N) is 2. The topological polar surface area (TPSA) is 101 Å². The van der Waals surface area contributed by atoms with Gasteiger partial charge in [0.1, 0.15) is 0 Å². The summed E-state index contributed by atoms with van der Waals surface area (Å²) < 4.78 is 0. The number of hydrogen-bond acceptors (Lipinski definition) is 4. The first-order valence-electron chi connectivity index (χ1n) is 2.78. The van der Waals surface area contributed by atoms with Crippen LogP contribution >= 0.6 is 24.4 Å². The van der Waals surface area contributed by atoms with Crippen molar-refractivity contribution in [2.24, 2.45) is 21.7 Å². The lowest BCUT2D eigenvalue weighted by Gasteiger charge is -1.91. The molecule has 0 saturated carbocycles. The predicted octanol–water partition coefficient (Wildman–Crippen LogP) is -1.38. The van der Waals surface area contributed by atoms with E-state index in [4.69, 9.17) is 11.5 Å². The van der Waals surface area contributed by atoms with Crippen LogP contribution in [0.15, 0.2) is 10.2 Å². The summed E-state index contributed by atoms with van der Waals surface area (Å²) in [6.45, 7) is 0. The average molecular weight is 204 g/mol. The molecule has 0 rings (SSSR count). The van der Waals surface area contributed by atoms with Gasteiger partial charge in [-0.25, -0.2) is 0 Å². The van der Waals surface area contributed by atoms with Gasteiger partial charge in [0.2, 0.25) is 0 Å². The second-order valence-electron chi connectivity index (χ2n) is 1.51. The molecule has 0 radical (unpaired) electrons. The van der Waals surface area contributed by atoms with Gasteiger partial charge in [-0.1, -0.05) is 0 Å². The maximum absolute atomic E-state index is 5.06. The van der Waals surface area contributed by atoms with Gasteiger partial charge in [-0.3, -0.25) is 10.9 Å². The SMILES string of the molecule is NC(=S)N/N=C/C=N/NC(N)=S. The van der Waals surface area contributed by atoms with E-state index >= 15 is 0 Å². The monoisotopic (exact) mass is 204 g/mol. The van der Waals surface area contributed by atoms with Crippen LogP contribution < -0.4 is 22.3 Å². The lowest BCUT2D eigenvalue weighted by Crippen LogP contribution is -2.25. The first-order valence-corrected chi connectivity index (χ1v) is 3.60. The van der Waals surface area contributed by atoms with Gasteiger partial charge in [0.25, 0.3) is 0 Å². The van der Waals surface area contributed by atoms with E-state index in [0.717, 1.165) is 0 Å². The summed E-state index contributed by atoms with van der Waals surface area (Å²) in [6.07, 6.45) is 2.68. The van der Waals surface area contributed by atoms with Gasteiger partial charge in [-0.15, -0.1) is 0 Å². The molecule has 66 valence electrons. The molecule has 6 N–H and O–H groups in total. The minimum Gasteiger partial charge on any atom is -0.375 e. The van der Waals surface area contributed by atoms with E-state index in [0.29, 0.717) is 0 Å². The third-order valence-corrected chi connectivity index (χ3v) is 0.748. The summed E-state index contributed by atoms with van der Waals surface area (Å²) in [4.78, 5) is 0. The van der Waals surface area contributed by atoms with Gasteiger partial charge < -0.3 is 11.5 Å². The van der Waals surface area contributed by atoms with Crippen LogP contribution in [0.25, 0.3) is 0 Å². The Labute approximate surface area is 80.1 Å². The van der Waals surface area contributed by atoms with Crippen LogP contribution in [-0.2, 0) is 0 Å². The Morgan fingerprint density at radius 2 is 1.33 bits per heavy atom. The quantitative estimate of drug-likeness (QED) is 0.257. The molecule has 0 aliphatic rings. The first-order chi connectivity index (χ1) is 5.63. The summed E-state index contributed by atoms with van der Waals surface area (Å²) in [5.41, 5.74) is 14.8. The average Bonchev–Trinajstić information content (AvgIpc) is 1.95. The predicted molar refractivity (Wildman–Crippen MR) is 56.8 cm³/mol. The lowest BCUT2D eigenvalue weighted by atomic mass is 10.8. The van der Waals surface area contributed by atoms with E-state index in [1.165, 1.54) is 12.4 Å². The Balaban J connectivity index is 3.52. The lowest BCUT2D eigenvalue weighted by molar-refractivity contribution is 1.03. The highest BCUT2D eigenvalue weighted by molar-refractivity contribution is 7.80. The summed E-state index contributed by atoms with van der Waals surface area (Å²) in [6, 6.07) is 0. The molecule has 8 heteroatoms. The fraction of sp³-hybridized carbons (Fsp3) is 0. The van der Waals surface area contributed by atoms with Gasteiger partial charge in [-0.2, -0.15) is 10.2 Å². The highest BCUT2D eigenvalue weighted by atomic mass is 32.1. The fourth-order valence-corrected chi connectivity index (χ4v) is 0.374. The third-order valence-electron chi connectivity index (χ3n) is 0.565. The number of thiocarbonyl (C=S) groups is 2. The van der Waals surface area contributed by atoms with Gasteiger partial charge >= 0.3 is 0 Å². The highest BCUT2D eigenvalue weighted by Gasteiger charge is 1.77. The zero-order chi connectivity index (χ0) is 9.40. The molecule has 0 fully saturated rings. The molecule has 6 nitrogen and oxygen atoms in total. The van der Waals surface area contributed by atoms with Crippen molar-refractivity contribution in [3.63, 3.8) is 0 Å². The Morgan fingerprint density at radius 1 is 1.00 bits per heavy atom. The molecule has 0 bridgehead atoms. The second-order valence-corrected chi connectivity index (χ2v) is 2.39. The minimum atomic E-state index is 0.0851. The maximum Gasteiger partial charge on any atom is 0.184 e. The third kappa shape index (κ3) is 8.72. The van der Waals surface area contributed by atoms with Crippen LogP contribution in [0.3, 0.4) is 0 Å². The van der Waals surface area contributed by atoms with Gasteiger partial charge in [0.05, 0.1) is 12.4 Å². The van der Waals surface area contributed by atoms with Crippen LogP contribution in [0.2, 0.25) is 0 Å². The van der Waals surface area contributed by atoms with E-state index < -0.39 is 0 Å². The number of nitrogens with two attached hydrogens (primary N) is 2. The molecule has 0 unspecified atom stereocenters. The number of hydrogen-bond donors (Lipinski definition) is 4. The Hall–Kier alpha value is -1.28. The van der Waals surface area contributed by atoms with Crippen molar-refractivity contribution in [1.82, 2.24) is 10.9 Å². The molecule has 0 aromatic rings. The molecule has 0 heterocycles. The van der Waals surface area contributed by atoms with Crippen molar-refractivity contribution in [3.8, 4) is 0 Å². The van der Waals surface area contributed by atoms with Gasteiger partial charge in [0, 0.05) is 0 Å². The Bertz CT molecular complexity index is 198. The standard InChI is InChI=1S/C4H8N6S2/c5-3(11)9-7-1-2-8-10-4(6)12/h1-2H,(H3,5,9,11)(H3,6,10,12)/b7-1+,8-2+. The van der Waals surface area contributed by atoms with Crippen molar-refractivity contribution in [2.75, 3.05) is 0 Å². The van der Waals surface area contributed by atoms with Crippen LogP contribution in [0.5, 0.6) is 0 Å². The molecule has 0 spiro atoms. The Kier molecular flexibility index (Phi) is 5.75. The van der Waals surface area contributed by atoms with Crippen molar-refractivity contribution >= 4 is 47.1 Å². The summed E-state index contributed by atoms with van der Waals surface area (Å²) in [5.74, 6) is 0. The van der Waals surface area contributed by atoms with E-state index in [2.05, 4.69) is 45.5 Å². The molecule has 0 aromatic heterocycles. The zero-order valence-corrected chi connectivity index (χ0v) is 7.65. The first kappa shape index (κ1) is 10.7. The molecule has 0 aliphatic carbocycles. The zero-order valence-electron chi connectivity index (χ0n) is 6.02. The second kappa shape index (κ2) is 6.43. The molecule has 0 aromatic carbocycles. The summed E-state index contributed by atoms with van der Waals surface area (Å²) in [5, 5.41) is 7.28. The smallest absolute Gasteiger partial charge is 0.184 e. The number of nitrogens with zero attached hydrogens (tertiary/aromatic N) is 2. The normalized spacial score (nSPS) is 10.3. The molecule has 0 aliphatic heterocycles. The maximum atomic E-state index is 5.06. The van der Waals surface area contributed by atoms with E-state index in [1.807, 2.05) is 0 Å². The molecule has 0 amide bonds. The van der Waals surface area contributed by atoms with Gasteiger partial charge in [-0.05, 0) is 24.4 Å². The van der Waals surface area contributed by atoms with Crippen LogP contribution in [0, 0.1) is 0 Å². The molecule has 12 heavy (non-hydrogen) atoms. The van der Waals surface area contributed by atoms with Crippen LogP contribution in [0.4, 0.5) is 0 Å². The molecular weight excluding hydrogens is 196 g/mol. The van der Waals surface area contributed by atoms with Crippen molar-refractivity contribution in [3.05, 3.63) is 0 Å². The van der Waals surface area contributed by atoms with Crippen LogP contribution in [0.1, 0.15) is 0 Å².